The van der Waals surface area contributed by atoms with E-state index in [1.807, 2.05) is 158 Å². The van der Waals surface area contributed by atoms with Crippen molar-refractivity contribution in [3.05, 3.63) is 240 Å². The monoisotopic (exact) mass is 862 g/mol. The highest BCUT2D eigenvalue weighted by Gasteiger charge is 2.17. The maximum absolute atomic E-state index is 11.5. The fourth-order valence-corrected chi connectivity index (χ4v) is 7.12. The van der Waals surface area contributed by atoms with Gasteiger partial charge in [0.05, 0.1) is 6.57 Å². The molecule has 0 aliphatic rings. The van der Waals surface area contributed by atoms with Crippen molar-refractivity contribution in [2.75, 3.05) is 9.80 Å². The number of carboxylic acid groups (broad SMARTS) is 2. The van der Waals surface area contributed by atoms with E-state index in [-0.39, 0.29) is 11.3 Å². The van der Waals surface area contributed by atoms with Gasteiger partial charge in [-0.25, -0.2) is 9.64 Å². The van der Waals surface area contributed by atoms with Crippen LogP contribution < -0.4 is 19.3 Å². The Kier molecular flexibility index (Phi) is 13.1. The molecule has 2 N–H and O–H groups in total. The van der Waals surface area contributed by atoms with Crippen LogP contribution in [0.4, 0.5) is 34.1 Å². The van der Waals surface area contributed by atoms with Crippen LogP contribution in [-0.4, -0.2) is 22.2 Å². The second-order valence-corrected chi connectivity index (χ2v) is 14.7. The molecule has 0 bridgehead atoms. The van der Waals surface area contributed by atoms with Crippen LogP contribution >= 0.6 is 0 Å². The predicted molar refractivity (Wildman–Crippen MR) is 258 cm³/mol. The molecule has 8 aromatic rings. The highest BCUT2D eigenvalue weighted by Crippen LogP contribution is 2.40. The van der Waals surface area contributed by atoms with Crippen molar-refractivity contribution in [2.45, 2.75) is 0 Å². The van der Waals surface area contributed by atoms with Gasteiger partial charge in [0.1, 0.15) is 34.6 Å². The third-order valence-electron chi connectivity index (χ3n) is 10.3. The van der Waals surface area contributed by atoms with Crippen LogP contribution in [0, 0.1) is 17.9 Å². The van der Waals surface area contributed by atoms with Crippen LogP contribution in [0.1, 0.15) is 11.1 Å². The lowest BCUT2D eigenvalue weighted by Crippen LogP contribution is -2.10. The van der Waals surface area contributed by atoms with Gasteiger partial charge >= 0.3 is 11.9 Å². The van der Waals surface area contributed by atoms with Crippen LogP contribution in [0.3, 0.4) is 0 Å². The summed E-state index contributed by atoms with van der Waals surface area (Å²) in [5.74, 6) is 0.232. The molecule has 10 heteroatoms. The summed E-state index contributed by atoms with van der Waals surface area (Å²) in [6.45, 7) is 7.25. The minimum atomic E-state index is -1.29. The van der Waals surface area contributed by atoms with Gasteiger partial charge in [0.15, 0.2) is 0 Å². The summed E-state index contributed by atoms with van der Waals surface area (Å²) in [6.07, 6.45) is 2.69. The van der Waals surface area contributed by atoms with Gasteiger partial charge in [0.2, 0.25) is 0 Å². The molecule has 66 heavy (non-hydrogen) atoms. The molecule has 0 amide bonds. The van der Waals surface area contributed by atoms with E-state index in [4.69, 9.17) is 16.0 Å². The van der Waals surface area contributed by atoms with E-state index in [0.717, 1.165) is 56.8 Å². The molecule has 0 radical (unpaired) electrons. The number of anilines is 6. The van der Waals surface area contributed by atoms with Crippen molar-refractivity contribution >= 4 is 58.2 Å². The average molecular weight is 863 g/mol. The first kappa shape index (κ1) is 43.0. The van der Waals surface area contributed by atoms with Gasteiger partial charge in [-0.3, -0.25) is 4.79 Å². The van der Waals surface area contributed by atoms with Crippen molar-refractivity contribution in [1.29, 1.82) is 5.26 Å². The third-order valence-corrected chi connectivity index (χ3v) is 10.3. The highest BCUT2D eigenvalue weighted by atomic mass is 16.5. The molecule has 0 aromatic heterocycles. The fraction of sp³-hybridized carbons (Fsp3) is 0. The highest BCUT2D eigenvalue weighted by molar-refractivity contribution is 5.96. The summed E-state index contributed by atoms with van der Waals surface area (Å²) in [5, 5.41) is 28.1. The standard InChI is InChI=1S/C56H38N4O6/c1-58-54(56(63)64)37-40-14-22-45(23-15-40)60(49-30-34-53(35-31-49)66-51-10-6-3-7-11-51)47-26-18-42(19-27-47)41-16-24-46(25-17-41)59(44-20-12-39(13-21-44)36-43(38-57)55(61)62)48-28-32-52(33-29-48)65-50-8-4-2-5-9-50/h2-37H,(H,61,62)(H,63,64)/b43-36?,54-37-. The van der Waals surface area contributed by atoms with E-state index in [0.29, 0.717) is 22.6 Å². The van der Waals surface area contributed by atoms with Crippen LogP contribution in [0.2, 0.25) is 0 Å². The molecule has 10 nitrogen and oxygen atoms in total. The summed E-state index contributed by atoms with van der Waals surface area (Å²) < 4.78 is 12.1. The summed E-state index contributed by atoms with van der Waals surface area (Å²) in [5.41, 5.74) is 7.49. The lowest BCUT2D eigenvalue weighted by molar-refractivity contribution is -0.133. The van der Waals surface area contributed by atoms with Gasteiger partial charge in [-0.05, 0) is 156 Å². The van der Waals surface area contributed by atoms with E-state index in [1.165, 1.54) is 12.2 Å². The molecule has 0 aliphatic heterocycles. The number of nitrogens with zero attached hydrogens (tertiary/aromatic N) is 4. The molecule has 8 aromatic carbocycles. The minimum Gasteiger partial charge on any atom is -0.486 e. The smallest absolute Gasteiger partial charge is 0.346 e. The van der Waals surface area contributed by atoms with E-state index in [2.05, 4.69) is 38.9 Å². The molecule has 0 saturated carbocycles. The number of rotatable bonds is 15. The Bertz CT molecular complexity index is 2890. The maximum atomic E-state index is 11.5. The fourth-order valence-electron chi connectivity index (χ4n) is 7.12. The van der Waals surface area contributed by atoms with E-state index >= 15 is 0 Å². The minimum absolute atomic E-state index is 0.355. The molecule has 318 valence electrons. The largest absolute Gasteiger partial charge is 0.486 e. The lowest BCUT2D eigenvalue weighted by Gasteiger charge is -2.26. The number of nitriles is 1. The number of benzene rings is 8. The second-order valence-electron chi connectivity index (χ2n) is 14.7. The Balaban J connectivity index is 1.09. The number of hydrogen-bond donors (Lipinski definition) is 2. The Morgan fingerprint density at radius 1 is 0.455 bits per heavy atom. The average Bonchev–Trinajstić information content (AvgIpc) is 3.35. The molecule has 8 rings (SSSR count). The summed E-state index contributed by atoms with van der Waals surface area (Å²) >= 11 is 0. The zero-order chi connectivity index (χ0) is 45.8. The van der Waals surface area contributed by atoms with Gasteiger partial charge in [0.25, 0.3) is 5.70 Å². The lowest BCUT2D eigenvalue weighted by atomic mass is 10.0. The number of para-hydroxylation sites is 2. The van der Waals surface area contributed by atoms with Gasteiger partial charge in [0, 0.05) is 34.1 Å². The first-order valence-corrected chi connectivity index (χ1v) is 20.6. The molecule has 0 atom stereocenters. The van der Waals surface area contributed by atoms with E-state index < -0.39 is 11.9 Å². The summed E-state index contributed by atoms with van der Waals surface area (Å²) in [6, 6.07) is 67.3. The predicted octanol–water partition coefficient (Wildman–Crippen LogP) is 14.2. The number of hydrogen-bond acceptors (Lipinski definition) is 7. The SMILES string of the molecule is [C-]#[N+]/C(=C\c1ccc(N(c2ccc(Oc3ccccc3)cc2)c2ccc(-c3ccc(N(c4ccc(C=C(C#N)C(=O)O)cc4)c4ccc(Oc5ccccc5)cc4)cc3)cc2)cc1)C(=O)O. The van der Waals surface area contributed by atoms with E-state index in [9.17, 15) is 25.1 Å². The van der Waals surface area contributed by atoms with Gasteiger partial charge in [-0.15, -0.1) is 0 Å². The van der Waals surface area contributed by atoms with Crippen LogP contribution in [0.5, 0.6) is 23.0 Å². The Labute approximate surface area is 381 Å². The van der Waals surface area contributed by atoms with Gasteiger partial charge in [-0.1, -0.05) is 84.9 Å². The molecule has 0 fully saturated rings. The van der Waals surface area contributed by atoms with E-state index in [1.54, 1.807) is 30.3 Å². The van der Waals surface area contributed by atoms with Crippen LogP contribution in [-0.2, 0) is 9.59 Å². The Morgan fingerprint density at radius 2 is 0.773 bits per heavy atom. The molecule has 0 spiro atoms. The number of carboxylic acids is 2. The summed E-state index contributed by atoms with van der Waals surface area (Å²) in [4.78, 5) is 30.3. The summed E-state index contributed by atoms with van der Waals surface area (Å²) in [7, 11) is 0. The van der Waals surface area contributed by atoms with Crippen LogP contribution in [0.25, 0.3) is 28.1 Å². The molecule has 0 heterocycles. The second kappa shape index (κ2) is 20.0. The topological polar surface area (TPSA) is 128 Å². The van der Waals surface area contributed by atoms with Gasteiger partial charge < -0.3 is 29.5 Å². The molecule has 0 unspecified atom stereocenters. The number of carbonyl (C=O) groups is 2. The van der Waals surface area contributed by atoms with Crippen molar-refractivity contribution in [2.24, 2.45) is 0 Å². The van der Waals surface area contributed by atoms with Crippen LogP contribution in [0.15, 0.2) is 218 Å². The first-order valence-electron chi connectivity index (χ1n) is 20.6. The molecule has 0 aliphatic carbocycles. The zero-order valence-electron chi connectivity index (χ0n) is 35.1. The van der Waals surface area contributed by atoms with Crippen molar-refractivity contribution in [3.63, 3.8) is 0 Å². The van der Waals surface area contributed by atoms with Crippen molar-refractivity contribution < 1.29 is 29.3 Å². The molecular weight excluding hydrogens is 825 g/mol. The quantitative estimate of drug-likeness (QED) is 0.0588. The van der Waals surface area contributed by atoms with Gasteiger partial charge in [-0.2, -0.15) is 5.26 Å². The Hall–Kier alpha value is -9.64. The number of ether oxygens (including phenoxy) is 2. The number of aliphatic carboxylic acids is 2. The third kappa shape index (κ3) is 10.3. The maximum Gasteiger partial charge on any atom is 0.346 e. The van der Waals surface area contributed by atoms with Crippen molar-refractivity contribution in [1.82, 2.24) is 0 Å². The molecule has 0 saturated heterocycles. The Morgan fingerprint density at radius 3 is 1.09 bits per heavy atom. The normalized spacial score (nSPS) is 11.1. The zero-order valence-corrected chi connectivity index (χ0v) is 35.1. The van der Waals surface area contributed by atoms with Crippen molar-refractivity contribution in [3.8, 4) is 40.2 Å². The molecular formula is C56H38N4O6. The first-order chi connectivity index (χ1) is 32.2.